The molecule has 7 heteroatoms. The molecule has 0 aromatic carbocycles. The van der Waals surface area contributed by atoms with E-state index < -0.39 is 0 Å². The normalized spacial score (nSPS) is 22.3. The average molecular weight is 396 g/mol. The molecule has 2 aliphatic rings. The molecule has 2 saturated heterocycles. The molecule has 29 heavy (non-hydrogen) atoms. The molecule has 0 unspecified atom stereocenters. The summed E-state index contributed by atoms with van der Waals surface area (Å²) in [6.07, 6.45) is 12.7. The largest absolute Gasteiger partial charge is 0.348 e. The molecule has 0 radical (unpaired) electrons. The van der Waals surface area contributed by atoms with Crippen molar-refractivity contribution in [1.29, 1.82) is 0 Å². The van der Waals surface area contributed by atoms with Crippen LogP contribution in [0.2, 0.25) is 0 Å². The second-order valence-electron chi connectivity index (χ2n) is 8.42. The Morgan fingerprint density at radius 2 is 2.10 bits per heavy atom. The number of aryl methyl sites for hydroxylation is 1. The molecule has 1 spiro atoms. The Morgan fingerprint density at radius 3 is 2.90 bits per heavy atom. The van der Waals surface area contributed by atoms with E-state index in [0.717, 1.165) is 63.0 Å². The lowest BCUT2D eigenvalue weighted by molar-refractivity contribution is -0.143. The van der Waals surface area contributed by atoms with Crippen molar-refractivity contribution in [3.8, 4) is 0 Å². The van der Waals surface area contributed by atoms with Crippen molar-refractivity contribution in [2.24, 2.45) is 5.41 Å². The highest BCUT2D eigenvalue weighted by Gasteiger charge is 2.42. The van der Waals surface area contributed by atoms with Crippen LogP contribution in [0.25, 0.3) is 0 Å². The highest BCUT2D eigenvalue weighted by atomic mass is 16.2. The summed E-state index contributed by atoms with van der Waals surface area (Å²) in [6.45, 7) is 3.06. The summed E-state index contributed by atoms with van der Waals surface area (Å²) in [4.78, 5) is 40.6. The van der Waals surface area contributed by atoms with Gasteiger partial charge < -0.3 is 14.8 Å². The minimum atomic E-state index is 0.0457. The van der Waals surface area contributed by atoms with Crippen molar-refractivity contribution in [3.05, 3.63) is 48.3 Å². The maximum atomic E-state index is 12.8. The van der Waals surface area contributed by atoms with Crippen molar-refractivity contribution < 1.29 is 9.59 Å². The number of aromatic amines is 1. The number of hydrogen-bond donors (Lipinski definition) is 1. The molecule has 2 amide bonds. The van der Waals surface area contributed by atoms with Crippen LogP contribution in [0, 0.1) is 5.41 Å². The fourth-order valence-electron chi connectivity index (χ4n) is 4.69. The third-order valence-electron chi connectivity index (χ3n) is 6.32. The molecule has 4 heterocycles. The van der Waals surface area contributed by atoms with Gasteiger partial charge in [0.1, 0.15) is 0 Å². The summed E-state index contributed by atoms with van der Waals surface area (Å²) in [5, 5.41) is 0. The fourth-order valence-corrected chi connectivity index (χ4v) is 4.69. The van der Waals surface area contributed by atoms with Crippen LogP contribution in [0.1, 0.15) is 43.4 Å². The van der Waals surface area contributed by atoms with Crippen LogP contribution in [0.3, 0.4) is 0 Å². The van der Waals surface area contributed by atoms with Gasteiger partial charge >= 0.3 is 0 Å². The van der Waals surface area contributed by atoms with Crippen molar-refractivity contribution in [2.45, 2.75) is 44.9 Å². The van der Waals surface area contributed by atoms with Gasteiger partial charge in [0.2, 0.25) is 11.8 Å². The number of nitrogens with one attached hydrogen (secondary N) is 1. The number of amides is 2. The van der Waals surface area contributed by atoms with Crippen LogP contribution < -0.4 is 0 Å². The number of pyridine rings is 1. The van der Waals surface area contributed by atoms with Gasteiger partial charge in [-0.3, -0.25) is 14.6 Å². The first kappa shape index (κ1) is 19.6. The minimum Gasteiger partial charge on any atom is -0.348 e. The summed E-state index contributed by atoms with van der Waals surface area (Å²) in [5.74, 6) is 0.448. The molecule has 2 aromatic rings. The van der Waals surface area contributed by atoms with Crippen LogP contribution in [0.15, 0.2) is 37.1 Å². The lowest BCUT2D eigenvalue weighted by atomic mass is 9.73. The van der Waals surface area contributed by atoms with Crippen molar-refractivity contribution in [1.82, 2.24) is 24.8 Å². The Bertz CT molecular complexity index is 823. The molecule has 1 N–H and O–H groups in total. The number of aromatic nitrogens is 3. The lowest BCUT2D eigenvalue weighted by Crippen LogP contribution is -2.55. The van der Waals surface area contributed by atoms with Crippen LogP contribution >= 0.6 is 0 Å². The second-order valence-corrected chi connectivity index (χ2v) is 8.42. The number of carbonyl (C=O) groups is 2. The standard InChI is InChI=1S/C22H29N5O2/c28-20(5-4-18-3-1-10-23-13-18)26-11-2-8-22(15-26)9-6-21(29)27(16-22)12-7-19-14-24-17-25-19/h1,3,10,13-14,17H,2,4-9,11-12,15-16H2,(H,24,25)/t22-/m0/s1. The Morgan fingerprint density at radius 1 is 1.17 bits per heavy atom. The van der Waals surface area contributed by atoms with E-state index in [1.807, 2.05) is 34.3 Å². The first-order valence-electron chi connectivity index (χ1n) is 10.6. The van der Waals surface area contributed by atoms with E-state index in [2.05, 4.69) is 15.0 Å². The van der Waals surface area contributed by atoms with Gasteiger partial charge in [-0.1, -0.05) is 6.07 Å². The molecule has 4 rings (SSSR count). The molecule has 7 nitrogen and oxygen atoms in total. The van der Waals surface area contributed by atoms with Gasteiger partial charge in [-0.2, -0.15) is 0 Å². The maximum absolute atomic E-state index is 12.8. The number of H-pyrrole nitrogens is 1. The molecule has 154 valence electrons. The van der Waals surface area contributed by atoms with Gasteiger partial charge in [0.15, 0.2) is 0 Å². The van der Waals surface area contributed by atoms with E-state index in [1.54, 1.807) is 12.5 Å². The number of piperidine rings is 2. The third kappa shape index (κ3) is 4.83. The zero-order chi connectivity index (χ0) is 20.1. The van der Waals surface area contributed by atoms with Gasteiger partial charge in [0.25, 0.3) is 0 Å². The topological polar surface area (TPSA) is 82.2 Å². The summed E-state index contributed by atoms with van der Waals surface area (Å²) < 4.78 is 0. The molecular weight excluding hydrogens is 366 g/mol. The Kier molecular flexibility index (Phi) is 5.92. The van der Waals surface area contributed by atoms with Crippen LogP contribution in [-0.4, -0.2) is 62.7 Å². The quantitative estimate of drug-likeness (QED) is 0.813. The molecule has 2 aromatic heterocycles. The highest BCUT2D eigenvalue weighted by molar-refractivity contribution is 5.78. The Hall–Kier alpha value is -2.70. The summed E-state index contributed by atoms with van der Waals surface area (Å²) in [5.41, 5.74) is 2.19. The van der Waals surface area contributed by atoms with E-state index in [4.69, 9.17) is 0 Å². The predicted octanol–water partition coefficient (Wildman–Crippen LogP) is 2.21. The van der Waals surface area contributed by atoms with Crippen LogP contribution in [0.4, 0.5) is 0 Å². The number of carbonyl (C=O) groups excluding carboxylic acids is 2. The molecule has 0 saturated carbocycles. The van der Waals surface area contributed by atoms with E-state index >= 15 is 0 Å². The van der Waals surface area contributed by atoms with E-state index in [0.29, 0.717) is 19.4 Å². The molecule has 2 aliphatic heterocycles. The summed E-state index contributed by atoms with van der Waals surface area (Å²) >= 11 is 0. The number of rotatable bonds is 6. The SMILES string of the molecule is O=C(CCc1cccnc1)N1CCC[C@]2(CCC(=O)N(CCc3cnc[nH]3)C2)C1. The van der Waals surface area contributed by atoms with E-state index in [1.165, 1.54) is 0 Å². The van der Waals surface area contributed by atoms with Crippen LogP contribution in [-0.2, 0) is 22.4 Å². The summed E-state index contributed by atoms with van der Waals surface area (Å²) in [7, 11) is 0. The van der Waals surface area contributed by atoms with Crippen molar-refractivity contribution >= 4 is 11.8 Å². The monoisotopic (exact) mass is 395 g/mol. The van der Waals surface area contributed by atoms with Gasteiger partial charge in [-0.15, -0.1) is 0 Å². The molecular formula is C22H29N5O2. The number of imidazole rings is 1. The maximum Gasteiger partial charge on any atom is 0.222 e. The molecule has 0 bridgehead atoms. The average Bonchev–Trinajstić information content (AvgIpc) is 3.27. The Balaban J connectivity index is 1.34. The smallest absolute Gasteiger partial charge is 0.222 e. The zero-order valence-electron chi connectivity index (χ0n) is 16.8. The summed E-state index contributed by atoms with van der Waals surface area (Å²) in [6, 6.07) is 3.93. The Labute approximate surface area is 171 Å². The van der Waals surface area contributed by atoms with Gasteiger partial charge in [-0.05, 0) is 37.3 Å². The lowest BCUT2D eigenvalue weighted by Gasteiger charge is -2.48. The fraction of sp³-hybridized carbons (Fsp3) is 0.545. The second kappa shape index (κ2) is 8.76. The number of likely N-dealkylation sites (tertiary alicyclic amines) is 2. The first-order valence-corrected chi connectivity index (χ1v) is 10.6. The van der Waals surface area contributed by atoms with Gasteiger partial charge in [0.05, 0.1) is 6.33 Å². The zero-order valence-corrected chi connectivity index (χ0v) is 16.8. The third-order valence-corrected chi connectivity index (χ3v) is 6.32. The predicted molar refractivity (Wildman–Crippen MR) is 109 cm³/mol. The highest BCUT2D eigenvalue weighted by Crippen LogP contribution is 2.39. The van der Waals surface area contributed by atoms with Crippen molar-refractivity contribution in [3.63, 3.8) is 0 Å². The van der Waals surface area contributed by atoms with E-state index in [9.17, 15) is 9.59 Å². The van der Waals surface area contributed by atoms with Crippen molar-refractivity contribution in [2.75, 3.05) is 26.2 Å². The minimum absolute atomic E-state index is 0.0457. The number of hydrogen-bond acceptors (Lipinski definition) is 4. The molecule has 2 fully saturated rings. The molecule has 1 atom stereocenters. The molecule has 0 aliphatic carbocycles. The van der Waals surface area contributed by atoms with Gasteiger partial charge in [-0.25, -0.2) is 4.98 Å². The van der Waals surface area contributed by atoms with Gasteiger partial charge in [0, 0.05) is 75.1 Å². The van der Waals surface area contributed by atoms with Crippen LogP contribution in [0.5, 0.6) is 0 Å². The first-order chi connectivity index (χ1) is 14.1. The van der Waals surface area contributed by atoms with E-state index in [-0.39, 0.29) is 17.2 Å². The number of nitrogens with zero attached hydrogens (tertiary/aromatic N) is 4.